The summed E-state index contributed by atoms with van der Waals surface area (Å²) in [5, 5.41) is 7.32. The first-order chi connectivity index (χ1) is 18.8. The Labute approximate surface area is 227 Å². The predicted molar refractivity (Wildman–Crippen MR) is 149 cm³/mol. The van der Waals surface area contributed by atoms with E-state index in [9.17, 15) is 13.2 Å². The second-order valence-electron chi connectivity index (χ2n) is 10.4. The highest BCUT2D eigenvalue weighted by atomic mass is 32.2. The molecule has 2 bridgehead atoms. The molecule has 10 nitrogen and oxygen atoms in total. The minimum absolute atomic E-state index is 0.0260. The van der Waals surface area contributed by atoms with Crippen molar-refractivity contribution in [1.82, 2.24) is 29.8 Å². The van der Waals surface area contributed by atoms with Crippen molar-refractivity contribution in [3.8, 4) is 22.4 Å². The number of anilines is 1. The molecule has 202 valence electrons. The van der Waals surface area contributed by atoms with Gasteiger partial charge in [0.05, 0.1) is 17.6 Å². The van der Waals surface area contributed by atoms with Crippen molar-refractivity contribution < 1.29 is 13.2 Å². The number of sulfone groups is 1. The van der Waals surface area contributed by atoms with Crippen LogP contribution in [-0.4, -0.2) is 63.8 Å². The maximum absolute atomic E-state index is 13.0. The molecule has 0 aliphatic carbocycles. The Kier molecular flexibility index (Phi) is 6.25. The summed E-state index contributed by atoms with van der Waals surface area (Å²) < 4.78 is 27.4. The van der Waals surface area contributed by atoms with Gasteiger partial charge in [-0.25, -0.2) is 18.2 Å². The van der Waals surface area contributed by atoms with Crippen molar-refractivity contribution in [3.05, 3.63) is 60.6 Å². The second kappa shape index (κ2) is 9.64. The van der Waals surface area contributed by atoms with Crippen molar-refractivity contribution in [1.29, 1.82) is 0 Å². The molecule has 3 atom stereocenters. The highest BCUT2D eigenvalue weighted by Gasteiger charge is 2.45. The molecule has 39 heavy (non-hydrogen) atoms. The molecule has 2 aliphatic heterocycles. The molecule has 2 amide bonds. The molecule has 1 aromatic carbocycles. The Bertz CT molecular complexity index is 1640. The SMILES string of the molecule is CCNC(=O)N1[C@@H]2CC[C@H]1C[C@H](c1nc3c(-c4ccc(-c5ccccc5)nc4)cnn3c(N)c1S(C)(=O)=O)C2. The minimum Gasteiger partial charge on any atom is -0.382 e. The number of pyridine rings is 1. The number of nitrogens with zero attached hydrogens (tertiary/aromatic N) is 5. The molecule has 6 rings (SSSR count). The molecular weight excluding hydrogens is 514 g/mol. The van der Waals surface area contributed by atoms with Crippen LogP contribution in [0.15, 0.2) is 59.8 Å². The first kappa shape index (κ1) is 25.3. The van der Waals surface area contributed by atoms with E-state index in [4.69, 9.17) is 10.7 Å². The van der Waals surface area contributed by atoms with E-state index in [1.165, 1.54) is 4.52 Å². The molecule has 0 spiro atoms. The summed E-state index contributed by atoms with van der Waals surface area (Å²) in [5.41, 5.74) is 10.8. The van der Waals surface area contributed by atoms with Crippen molar-refractivity contribution in [2.24, 2.45) is 0 Å². The molecule has 5 heterocycles. The second-order valence-corrected chi connectivity index (χ2v) is 12.3. The molecule has 0 unspecified atom stereocenters. The number of hydrogen-bond acceptors (Lipinski definition) is 7. The van der Waals surface area contributed by atoms with Gasteiger partial charge in [0, 0.05) is 53.7 Å². The fourth-order valence-corrected chi connectivity index (χ4v) is 7.24. The summed E-state index contributed by atoms with van der Waals surface area (Å²) in [4.78, 5) is 24.2. The van der Waals surface area contributed by atoms with E-state index in [2.05, 4.69) is 15.4 Å². The van der Waals surface area contributed by atoms with Gasteiger partial charge < -0.3 is 16.0 Å². The smallest absolute Gasteiger partial charge is 0.317 e. The number of nitrogens with two attached hydrogens (primary N) is 1. The summed E-state index contributed by atoms with van der Waals surface area (Å²) in [6.07, 6.45) is 7.63. The topological polar surface area (TPSA) is 136 Å². The highest BCUT2D eigenvalue weighted by Crippen LogP contribution is 2.45. The van der Waals surface area contributed by atoms with E-state index in [0.29, 0.717) is 30.7 Å². The number of nitrogens with one attached hydrogen (secondary N) is 1. The van der Waals surface area contributed by atoms with Crippen LogP contribution in [0.5, 0.6) is 0 Å². The van der Waals surface area contributed by atoms with Gasteiger partial charge in [0.25, 0.3) is 0 Å². The van der Waals surface area contributed by atoms with Crippen LogP contribution >= 0.6 is 0 Å². The molecule has 3 aromatic heterocycles. The average molecular weight is 546 g/mol. The molecule has 2 aliphatic rings. The molecule has 2 saturated heterocycles. The van der Waals surface area contributed by atoms with E-state index in [0.717, 1.165) is 41.5 Å². The zero-order valence-corrected chi connectivity index (χ0v) is 22.7. The fourth-order valence-electron chi connectivity index (χ4n) is 6.19. The normalized spacial score (nSPS) is 20.9. The van der Waals surface area contributed by atoms with Crippen LogP contribution < -0.4 is 11.1 Å². The summed E-state index contributed by atoms with van der Waals surface area (Å²) in [6, 6.07) is 13.8. The van der Waals surface area contributed by atoms with Gasteiger partial charge in [0.15, 0.2) is 15.5 Å². The highest BCUT2D eigenvalue weighted by molar-refractivity contribution is 7.91. The quantitative estimate of drug-likeness (QED) is 0.388. The van der Waals surface area contributed by atoms with E-state index >= 15 is 0 Å². The Hall–Kier alpha value is -3.99. The number of amides is 2. The van der Waals surface area contributed by atoms with Gasteiger partial charge in [-0.15, -0.1) is 0 Å². The third-order valence-corrected chi connectivity index (χ3v) is 9.02. The number of rotatable bonds is 5. The Morgan fingerprint density at radius 3 is 2.38 bits per heavy atom. The summed E-state index contributed by atoms with van der Waals surface area (Å²) in [5.74, 6) is -0.0948. The van der Waals surface area contributed by atoms with Gasteiger partial charge in [0.2, 0.25) is 0 Å². The summed E-state index contributed by atoms with van der Waals surface area (Å²) in [6.45, 7) is 2.47. The van der Waals surface area contributed by atoms with E-state index in [-0.39, 0.29) is 34.7 Å². The van der Waals surface area contributed by atoms with E-state index in [1.807, 2.05) is 54.3 Å². The van der Waals surface area contributed by atoms with Gasteiger partial charge in [-0.1, -0.05) is 36.4 Å². The number of piperidine rings is 1. The Morgan fingerprint density at radius 2 is 1.77 bits per heavy atom. The van der Waals surface area contributed by atoms with Crippen molar-refractivity contribution in [3.63, 3.8) is 0 Å². The first-order valence-corrected chi connectivity index (χ1v) is 15.1. The number of aromatic nitrogens is 4. The zero-order valence-electron chi connectivity index (χ0n) is 21.9. The molecule has 4 aromatic rings. The number of carbonyl (C=O) groups is 1. The largest absolute Gasteiger partial charge is 0.382 e. The van der Waals surface area contributed by atoms with Gasteiger partial charge in [-0.2, -0.15) is 9.61 Å². The number of urea groups is 1. The average Bonchev–Trinajstić information content (AvgIpc) is 3.47. The van der Waals surface area contributed by atoms with Crippen LogP contribution in [0.25, 0.3) is 28.0 Å². The third kappa shape index (κ3) is 4.40. The lowest BCUT2D eigenvalue weighted by molar-refractivity contribution is 0.137. The Balaban J connectivity index is 1.42. The molecule has 0 radical (unpaired) electrons. The fraction of sp³-hybridized carbons (Fsp3) is 0.357. The van der Waals surface area contributed by atoms with Gasteiger partial charge in [-0.3, -0.25) is 4.98 Å². The van der Waals surface area contributed by atoms with Gasteiger partial charge in [-0.05, 0) is 38.7 Å². The summed E-state index contributed by atoms with van der Waals surface area (Å²) >= 11 is 0. The number of hydrogen-bond donors (Lipinski definition) is 2. The number of benzene rings is 1. The third-order valence-electron chi connectivity index (χ3n) is 7.86. The van der Waals surface area contributed by atoms with Crippen molar-refractivity contribution in [2.75, 3.05) is 18.5 Å². The van der Waals surface area contributed by atoms with Gasteiger partial charge in [0.1, 0.15) is 10.7 Å². The monoisotopic (exact) mass is 545 g/mol. The standard InChI is InChI=1S/C28H31N7O3S/c1-3-30-28(36)34-20-10-11-21(34)14-19(13-20)24-25(39(2,37)38)26(29)35-27(33-24)22(16-32-35)18-9-12-23(31-15-18)17-7-5-4-6-8-17/h4-9,12,15-16,19-21H,3,10-11,13-14,29H2,1-2H3,(H,30,36)/t19-,20-,21+. The lowest BCUT2D eigenvalue weighted by Crippen LogP contribution is -2.50. The van der Waals surface area contributed by atoms with Crippen LogP contribution in [0.3, 0.4) is 0 Å². The number of fused-ring (bicyclic) bond motifs is 3. The van der Waals surface area contributed by atoms with Crippen molar-refractivity contribution >= 4 is 27.3 Å². The lowest BCUT2D eigenvalue weighted by Gasteiger charge is -2.39. The first-order valence-electron chi connectivity index (χ1n) is 13.2. The maximum Gasteiger partial charge on any atom is 0.317 e. The van der Waals surface area contributed by atoms with Crippen LogP contribution in [0.1, 0.15) is 44.2 Å². The minimum atomic E-state index is -3.70. The van der Waals surface area contributed by atoms with E-state index in [1.54, 1.807) is 12.4 Å². The van der Waals surface area contributed by atoms with Crippen LogP contribution in [0.4, 0.5) is 10.6 Å². The zero-order chi connectivity index (χ0) is 27.3. The molecular formula is C28H31N7O3S. The molecule has 3 N–H and O–H groups in total. The lowest BCUT2D eigenvalue weighted by atomic mass is 9.88. The van der Waals surface area contributed by atoms with Crippen LogP contribution in [0, 0.1) is 0 Å². The maximum atomic E-state index is 13.0. The number of carbonyl (C=O) groups excluding carboxylic acids is 1. The summed E-state index contributed by atoms with van der Waals surface area (Å²) in [7, 11) is -3.70. The number of nitrogen functional groups attached to an aromatic ring is 1. The van der Waals surface area contributed by atoms with E-state index < -0.39 is 9.84 Å². The molecule has 2 fully saturated rings. The van der Waals surface area contributed by atoms with Crippen LogP contribution in [-0.2, 0) is 9.84 Å². The van der Waals surface area contributed by atoms with Gasteiger partial charge >= 0.3 is 6.03 Å². The Morgan fingerprint density at radius 1 is 1.05 bits per heavy atom. The van der Waals surface area contributed by atoms with Crippen LogP contribution in [0.2, 0.25) is 0 Å². The molecule has 11 heteroatoms. The molecule has 0 saturated carbocycles. The van der Waals surface area contributed by atoms with Crippen molar-refractivity contribution in [2.45, 2.75) is 55.5 Å². The predicted octanol–water partition coefficient (Wildman–Crippen LogP) is 3.88.